The highest BCUT2D eigenvalue weighted by atomic mass is 32.1. The van der Waals surface area contributed by atoms with E-state index < -0.39 is 0 Å². The summed E-state index contributed by atoms with van der Waals surface area (Å²) >= 11 is 1.46. The molecule has 3 heteroatoms. The Balaban J connectivity index is 2.23. The molecule has 2 aromatic rings. The van der Waals surface area contributed by atoms with Gasteiger partial charge in [-0.05, 0) is 11.6 Å². The first-order valence-electron chi connectivity index (χ1n) is 4.68. The van der Waals surface area contributed by atoms with Crippen LogP contribution in [-0.4, -0.2) is 0 Å². The Labute approximate surface area is 92.7 Å². The van der Waals surface area contributed by atoms with E-state index in [-0.39, 0.29) is 0 Å². The van der Waals surface area contributed by atoms with E-state index in [4.69, 9.17) is 0 Å². The van der Waals surface area contributed by atoms with Crippen molar-refractivity contribution in [2.24, 2.45) is 0 Å². The van der Waals surface area contributed by atoms with Crippen molar-refractivity contribution in [2.45, 2.75) is 6.92 Å². The average molecular weight is 217 g/mol. The molecule has 76 valence electrons. The van der Waals surface area contributed by atoms with Gasteiger partial charge in [-0.15, -0.1) is 0 Å². The minimum atomic E-state index is 0.719. The molecule has 0 aliphatic rings. The summed E-state index contributed by atoms with van der Waals surface area (Å²) in [6.07, 6.45) is 3.79. The molecule has 2 nitrogen and oxygen atoms in total. The van der Waals surface area contributed by atoms with Crippen LogP contribution in [0.2, 0.25) is 0 Å². The van der Waals surface area contributed by atoms with Crippen LogP contribution in [0, 0.1) is 12.1 Å². The van der Waals surface area contributed by atoms with Crippen LogP contribution in [0.15, 0.2) is 35.7 Å². The van der Waals surface area contributed by atoms with E-state index in [0.29, 0.717) is 0 Å². The Morgan fingerprint density at radius 3 is 2.53 bits per heavy atom. The van der Waals surface area contributed by atoms with Crippen molar-refractivity contribution in [3.05, 3.63) is 57.2 Å². The van der Waals surface area contributed by atoms with E-state index in [9.17, 15) is 5.21 Å². The number of thiazole rings is 1. The summed E-state index contributed by atoms with van der Waals surface area (Å²) in [5.74, 6) is 0. The molecule has 15 heavy (non-hydrogen) atoms. The smallest absolute Gasteiger partial charge is 0.273 e. The van der Waals surface area contributed by atoms with Crippen molar-refractivity contribution in [3.8, 4) is 0 Å². The summed E-state index contributed by atoms with van der Waals surface area (Å²) < 4.78 is 0.949. The second-order valence-corrected chi connectivity index (χ2v) is 4.14. The number of hydrogen-bond donors (Lipinski definition) is 0. The predicted octanol–water partition coefficient (Wildman–Crippen LogP) is 2.86. The molecule has 0 radical (unpaired) electrons. The largest absolute Gasteiger partial charge is 0.617 e. The maximum Gasteiger partial charge on any atom is 0.273 e. The van der Waals surface area contributed by atoms with E-state index in [0.717, 1.165) is 21.0 Å². The number of aromatic nitrogens is 1. The summed E-state index contributed by atoms with van der Waals surface area (Å²) in [7, 11) is 0. The van der Waals surface area contributed by atoms with Gasteiger partial charge in [-0.25, -0.2) is 0 Å². The topological polar surface area (TPSA) is 26.9 Å². The molecule has 0 bridgehead atoms. The van der Waals surface area contributed by atoms with Crippen molar-refractivity contribution >= 4 is 23.5 Å². The Morgan fingerprint density at radius 1 is 1.20 bits per heavy atom. The Kier molecular flexibility index (Phi) is 2.83. The molecule has 1 heterocycles. The normalized spacial score (nSPS) is 11.0. The lowest BCUT2D eigenvalue weighted by Gasteiger charge is -1.94. The molecular formula is C12H11NOS. The van der Waals surface area contributed by atoms with Crippen LogP contribution < -0.4 is 4.73 Å². The van der Waals surface area contributed by atoms with Gasteiger partial charge in [0, 0.05) is 13.0 Å². The van der Waals surface area contributed by atoms with E-state index in [2.05, 4.69) is 0 Å². The first-order chi connectivity index (χ1) is 7.27. The molecule has 0 fully saturated rings. The monoisotopic (exact) mass is 217 g/mol. The number of aryl methyl sites for hydroxylation is 1. The summed E-state index contributed by atoms with van der Waals surface area (Å²) in [6, 6.07) is 9.94. The Hall–Kier alpha value is -1.61. The SMILES string of the molecule is Cc1csc(/C=C/c2ccccc2)[n+]1[O-]. The maximum absolute atomic E-state index is 11.5. The van der Waals surface area contributed by atoms with Crippen molar-refractivity contribution in [3.63, 3.8) is 0 Å². The van der Waals surface area contributed by atoms with Gasteiger partial charge in [0.2, 0.25) is 5.69 Å². The van der Waals surface area contributed by atoms with Crippen LogP contribution in [-0.2, 0) is 0 Å². The second kappa shape index (κ2) is 4.28. The zero-order valence-electron chi connectivity index (χ0n) is 8.38. The van der Waals surface area contributed by atoms with Crippen molar-refractivity contribution in [2.75, 3.05) is 0 Å². The lowest BCUT2D eigenvalue weighted by atomic mass is 10.2. The Bertz CT molecular complexity index is 474. The molecule has 1 aromatic carbocycles. The average Bonchev–Trinajstić information content (AvgIpc) is 2.59. The lowest BCUT2D eigenvalue weighted by Crippen LogP contribution is -2.29. The molecular weight excluding hydrogens is 206 g/mol. The van der Waals surface area contributed by atoms with Crippen molar-refractivity contribution < 1.29 is 4.73 Å². The highest BCUT2D eigenvalue weighted by Crippen LogP contribution is 2.10. The summed E-state index contributed by atoms with van der Waals surface area (Å²) in [4.78, 5) is 0. The van der Waals surface area contributed by atoms with Crippen LogP contribution in [0.25, 0.3) is 12.2 Å². The van der Waals surface area contributed by atoms with Gasteiger partial charge in [-0.1, -0.05) is 41.7 Å². The first-order valence-corrected chi connectivity index (χ1v) is 5.56. The number of benzene rings is 1. The van der Waals surface area contributed by atoms with Gasteiger partial charge in [0.1, 0.15) is 0 Å². The molecule has 0 unspecified atom stereocenters. The van der Waals surface area contributed by atoms with E-state index in [1.807, 2.05) is 54.8 Å². The highest BCUT2D eigenvalue weighted by molar-refractivity contribution is 7.10. The summed E-state index contributed by atoms with van der Waals surface area (Å²) in [6.45, 7) is 1.81. The molecule has 0 atom stereocenters. The minimum Gasteiger partial charge on any atom is -0.617 e. The summed E-state index contributed by atoms with van der Waals surface area (Å²) in [5.41, 5.74) is 1.84. The minimum absolute atomic E-state index is 0.719. The van der Waals surface area contributed by atoms with Gasteiger partial charge in [-0.3, -0.25) is 0 Å². The quantitative estimate of drug-likeness (QED) is 0.561. The van der Waals surface area contributed by atoms with Crippen LogP contribution in [0.4, 0.5) is 0 Å². The molecule has 0 spiro atoms. The fourth-order valence-corrected chi connectivity index (χ4v) is 2.03. The maximum atomic E-state index is 11.5. The standard InChI is InChI=1S/C12H11NOS/c1-10-9-15-12(13(10)14)8-7-11-5-3-2-4-6-11/h2-9H,1H3/b8-7+. The molecule has 0 saturated carbocycles. The van der Waals surface area contributed by atoms with Gasteiger partial charge in [0.15, 0.2) is 0 Å². The fraction of sp³-hybridized carbons (Fsp3) is 0.0833. The zero-order chi connectivity index (χ0) is 10.7. The van der Waals surface area contributed by atoms with E-state index in [1.54, 1.807) is 0 Å². The van der Waals surface area contributed by atoms with Gasteiger partial charge < -0.3 is 5.21 Å². The lowest BCUT2D eigenvalue weighted by molar-refractivity contribution is -0.608. The first kappa shape index (κ1) is 9.93. The molecule has 0 aliphatic heterocycles. The molecule has 1 aromatic heterocycles. The van der Waals surface area contributed by atoms with Crippen LogP contribution >= 0.6 is 11.3 Å². The predicted molar refractivity (Wildman–Crippen MR) is 63.4 cm³/mol. The van der Waals surface area contributed by atoms with Gasteiger partial charge >= 0.3 is 0 Å². The van der Waals surface area contributed by atoms with E-state index >= 15 is 0 Å². The number of rotatable bonds is 2. The van der Waals surface area contributed by atoms with E-state index in [1.165, 1.54) is 11.3 Å². The number of nitrogens with zero attached hydrogens (tertiary/aromatic N) is 1. The zero-order valence-corrected chi connectivity index (χ0v) is 9.20. The third kappa shape index (κ3) is 2.25. The van der Waals surface area contributed by atoms with Crippen LogP contribution in [0.3, 0.4) is 0 Å². The van der Waals surface area contributed by atoms with Crippen molar-refractivity contribution in [1.29, 1.82) is 0 Å². The molecule has 0 saturated heterocycles. The van der Waals surface area contributed by atoms with Crippen LogP contribution in [0.5, 0.6) is 0 Å². The molecule has 0 amide bonds. The Morgan fingerprint density at radius 2 is 1.93 bits per heavy atom. The third-order valence-electron chi connectivity index (χ3n) is 2.09. The second-order valence-electron chi connectivity index (χ2n) is 3.25. The van der Waals surface area contributed by atoms with Gasteiger partial charge in [-0.2, -0.15) is 4.73 Å². The van der Waals surface area contributed by atoms with Crippen LogP contribution in [0.1, 0.15) is 16.3 Å². The molecule has 2 rings (SSSR count). The molecule has 0 aliphatic carbocycles. The number of hydrogen-bond acceptors (Lipinski definition) is 2. The van der Waals surface area contributed by atoms with Crippen molar-refractivity contribution in [1.82, 2.24) is 0 Å². The highest BCUT2D eigenvalue weighted by Gasteiger charge is 2.06. The third-order valence-corrected chi connectivity index (χ3v) is 3.09. The van der Waals surface area contributed by atoms with Gasteiger partial charge in [0.05, 0.1) is 5.38 Å². The van der Waals surface area contributed by atoms with Gasteiger partial charge in [0.25, 0.3) is 5.01 Å². The summed E-state index contributed by atoms with van der Waals surface area (Å²) in [5, 5.41) is 14.0. The fourth-order valence-electron chi connectivity index (χ4n) is 1.25. The molecule has 0 N–H and O–H groups in total.